The fourth-order valence-electron chi connectivity index (χ4n) is 4.66. The number of hydrogen-bond donors (Lipinski definition) is 0. The maximum Gasteiger partial charge on any atom is 0.178 e. The maximum absolute atomic E-state index is 13.0. The van der Waals surface area contributed by atoms with Gasteiger partial charge in [0.25, 0.3) is 0 Å². The van der Waals surface area contributed by atoms with Gasteiger partial charge in [-0.15, -0.1) is 0 Å². The maximum atomic E-state index is 13.0. The number of carbonyl (C=O) groups excluding carboxylic acids is 1. The summed E-state index contributed by atoms with van der Waals surface area (Å²) in [5.74, 6) is 0.223. The molecular weight excluding hydrogens is 350 g/mol. The molecule has 150 valence electrons. The summed E-state index contributed by atoms with van der Waals surface area (Å²) >= 11 is 0. The molecule has 2 aromatic rings. The van der Waals surface area contributed by atoms with Crippen LogP contribution in [0.15, 0.2) is 36.4 Å². The van der Waals surface area contributed by atoms with E-state index < -0.39 is 0 Å². The van der Waals surface area contributed by atoms with E-state index in [4.69, 9.17) is 4.74 Å². The van der Waals surface area contributed by atoms with Crippen LogP contribution in [0, 0.1) is 13.8 Å². The van der Waals surface area contributed by atoms with E-state index >= 15 is 0 Å². The van der Waals surface area contributed by atoms with Crippen molar-refractivity contribution in [2.24, 2.45) is 0 Å². The lowest BCUT2D eigenvalue weighted by Crippen LogP contribution is -2.48. The van der Waals surface area contributed by atoms with E-state index in [-0.39, 0.29) is 11.9 Å². The van der Waals surface area contributed by atoms with Crippen molar-refractivity contribution < 1.29 is 9.53 Å². The van der Waals surface area contributed by atoms with Gasteiger partial charge >= 0.3 is 0 Å². The van der Waals surface area contributed by atoms with Crippen molar-refractivity contribution in [2.45, 2.75) is 39.0 Å². The molecule has 1 aromatic carbocycles. The van der Waals surface area contributed by atoms with Gasteiger partial charge < -0.3 is 9.30 Å². The van der Waals surface area contributed by atoms with Crippen LogP contribution in [0.25, 0.3) is 0 Å². The molecule has 3 heterocycles. The zero-order valence-corrected chi connectivity index (χ0v) is 17.2. The SMILES string of the molecule is Cc1cc(C(=O)CN2C[C@@H]3OCCN(C)[C@H]3C2)c(C)n1CCc1ccccc1. The van der Waals surface area contributed by atoms with Crippen LogP contribution in [-0.4, -0.2) is 72.1 Å². The molecule has 0 unspecified atom stereocenters. The van der Waals surface area contributed by atoms with E-state index in [1.807, 2.05) is 6.07 Å². The molecule has 0 saturated carbocycles. The average molecular weight is 382 g/mol. The van der Waals surface area contributed by atoms with Crippen LogP contribution in [0.2, 0.25) is 0 Å². The number of Topliss-reactive ketones (excluding diaryl/α,β-unsaturated/α-hetero) is 1. The van der Waals surface area contributed by atoms with Crippen molar-refractivity contribution >= 4 is 5.78 Å². The molecule has 2 atom stereocenters. The first-order chi connectivity index (χ1) is 13.5. The smallest absolute Gasteiger partial charge is 0.178 e. The van der Waals surface area contributed by atoms with Gasteiger partial charge in [-0.05, 0) is 38.9 Å². The minimum atomic E-state index is 0.223. The first kappa shape index (κ1) is 19.4. The molecular formula is C23H31N3O2. The molecule has 0 amide bonds. The van der Waals surface area contributed by atoms with Gasteiger partial charge in [0, 0.05) is 49.2 Å². The van der Waals surface area contributed by atoms with E-state index in [1.54, 1.807) is 0 Å². The van der Waals surface area contributed by atoms with E-state index in [0.717, 1.165) is 56.2 Å². The third-order valence-corrected chi connectivity index (χ3v) is 6.36. The number of nitrogens with zero attached hydrogens (tertiary/aromatic N) is 3. The third kappa shape index (κ3) is 3.93. The number of ether oxygens (including phenoxy) is 1. The number of ketones is 1. The second-order valence-electron chi connectivity index (χ2n) is 8.25. The molecule has 2 fully saturated rings. The first-order valence-electron chi connectivity index (χ1n) is 10.3. The fourth-order valence-corrected chi connectivity index (χ4v) is 4.66. The van der Waals surface area contributed by atoms with Gasteiger partial charge in [0.05, 0.1) is 19.3 Å². The van der Waals surface area contributed by atoms with Crippen LogP contribution in [0.1, 0.15) is 27.3 Å². The number of rotatable bonds is 6. The highest BCUT2D eigenvalue weighted by Crippen LogP contribution is 2.23. The summed E-state index contributed by atoms with van der Waals surface area (Å²) in [7, 11) is 2.16. The normalized spacial score (nSPS) is 23.1. The van der Waals surface area contributed by atoms with Crippen molar-refractivity contribution in [1.29, 1.82) is 0 Å². The Morgan fingerprint density at radius 3 is 2.71 bits per heavy atom. The molecule has 0 bridgehead atoms. The molecule has 0 N–H and O–H groups in total. The van der Waals surface area contributed by atoms with Crippen molar-refractivity contribution in [3.63, 3.8) is 0 Å². The number of likely N-dealkylation sites (N-methyl/N-ethyl adjacent to an activating group) is 1. The topological polar surface area (TPSA) is 37.7 Å². The first-order valence-corrected chi connectivity index (χ1v) is 10.3. The number of likely N-dealkylation sites (tertiary alicyclic amines) is 1. The average Bonchev–Trinajstić information content (AvgIpc) is 3.22. The summed E-state index contributed by atoms with van der Waals surface area (Å²) in [4.78, 5) is 17.7. The molecule has 0 aliphatic carbocycles. The van der Waals surface area contributed by atoms with Gasteiger partial charge in [0.2, 0.25) is 0 Å². The number of fused-ring (bicyclic) bond motifs is 1. The van der Waals surface area contributed by atoms with Gasteiger partial charge in [-0.25, -0.2) is 0 Å². The monoisotopic (exact) mass is 381 g/mol. The minimum Gasteiger partial charge on any atom is -0.374 e. The van der Waals surface area contributed by atoms with Crippen LogP contribution in [0.5, 0.6) is 0 Å². The van der Waals surface area contributed by atoms with Crippen LogP contribution in [0.4, 0.5) is 0 Å². The molecule has 1 aromatic heterocycles. The van der Waals surface area contributed by atoms with Crippen molar-refractivity contribution in [1.82, 2.24) is 14.4 Å². The highest BCUT2D eigenvalue weighted by Gasteiger charge is 2.39. The van der Waals surface area contributed by atoms with Crippen molar-refractivity contribution in [3.8, 4) is 0 Å². The molecule has 4 rings (SSSR count). The van der Waals surface area contributed by atoms with Crippen molar-refractivity contribution in [3.05, 3.63) is 58.9 Å². The predicted octanol–water partition coefficient (Wildman–Crippen LogP) is 2.55. The molecule has 5 nitrogen and oxygen atoms in total. The summed E-state index contributed by atoms with van der Waals surface area (Å²) in [5, 5.41) is 0. The predicted molar refractivity (Wildman–Crippen MR) is 111 cm³/mol. The summed E-state index contributed by atoms with van der Waals surface area (Å²) in [5.41, 5.74) is 4.44. The Bertz CT molecular complexity index is 830. The van der Waals surface area contributed by atoms with E-state index in [2.05, 4.69) is 65.6 Å². The summed E-state index contributed by atoms with van der Waals surface area (Å²) in [6, 6.07) is 13.0. The lowest BCUT2D eigenvalue weighted by molar-refractivity contribution is -0.0369. The van der Waals surface area contributed by atoms with Crippen LogP contribution < -0.4 is 0 Å². The largest absolute Gasteiger partial charge is 0.374 e. The van der Waals surface area contributed by atoms with Gasteiger partial charge in [0.15, 0.2) is 5.78 Å². The highest BCUT2D eigenvalue weighted by molar-refractivity contribution is 5.99. The standard InChI is InChI=1S/C23H31N3O2/c1-17-13-20(18(2)26(17)10-9-19-7-5-4-6-8-19)22(27)15-25-14-21-23(16-25)28-12-11-24(21)3/h4-8,13,21,23H,9-12,14-16H2,1-3H3/t21-,23-/m0/s1. The molecule has 0 radical (unpaired) electrons. The third-order valence-electron chi connectivity index (χ3n) is 6.36. The summed E-state index contributed by atoms with van der Waals surface area (Å²) in [6.45, 7) is 9.10. The van der Waals surface area contributed by atoms with Gasteiger partial charge in [-0.2, -0.15) is 0 Å². The van der Waals surface area contributed by atoms with E-state index in [9.17, 15) is 4.79 Å². The van der Waals surface area contributed by atoms with Gasteiger partial charge in [0.1, 0.15) is 0 Å². The molecule has 0 spiro atoms. The quantitative estimate of drug-likeness (QED) is 0.721. The number of benzene rings is 1. The molecule has 5 heteroatoms. The second-order valence-corrected chi connectivity index (χ2v) is 8.25. The Morgan fingerprint density at radius 1 is 1.18 bits per heavy atom. The molecule has 2 aliphatic rings. The number of morpholine rings is 1. The number of aromatic nitrogens is 1. The van der Waals surface area contributed by atoms with Crippen LogP contribution in [0.3, 0.4) is 0 Å². The van der Waals surface area contributed by atoms with E-state index in [1.165, 1.54) is 5.56 Å². The fraction of sp³-hybridized carbons (Fsp3) is 0.522. The zero-order chi connectivity index (χ0) is 19.7. The van der Waals surface area contributed by atoms with Crippen LogP contribution >= 0.6 is 0 Å². The Labute approximate surface area is 167 Å². The summed E-state index contributed by atoms with van der Waals surface area (Å²) < 4.78 is 8.19. The molecule has 2 aliphatic heterocycles. The van der Waals surface area contributed by atoms with E-state index in [0.29, 0.717) is 12.6 Å². The number of carbonyl (C=O) groups is 1. The molecule has 28 heavy (non-hydrogen) atoms. The number of aryl methyl sites for hydroxylation is 2. The Hall–Kier alpha value is -1.95. The Balaban J connectivity index is 1.41. The minimum absolute atomic E-state index is 0.223. The van der Waals surface area contributed by atoms with Gasteiger partial charge in [-0.3, -0.25) is 14.6 Å². The zero-order valence-electron chi connectivity index (χ0n) is 17.2. The Morgan fingerprint density at radius 2 is 1.96 bits per heavy atom. The molecule has 2 saturated heterocycles. The lowest BCUT2D eigenvalue weighted by Gasteiger charge is -2.33. The highest BCUT2D eigenvalue weighted by atomic mass is 16.5. The van der Waals surface area contributed by atoms with Gasteiger partial charge in [-0.1, -0.05) is 30.3 Å². The van der Waals surface area contributed by atoms with Crippen molar-refractivity contribution in [2.75, 3.05) is 39.8 Å². The number of hydrogen-bond acceptors (Lipinski definition) is 4. The Kier molecular flexibility index (Phi) is 5.67. The second kappa shape index (κ2) is 8.19. The lowest BCUT2D eigenvalue weighted by atomic mass is 10.1. The van der Waals surface area contributed by atoms with Crippen LogP contribution in [-0.2, 0) is 17.7 Å². The summed E-state index contributed by atoms with van der Waals surface area (Å²) in [6.07, 6.45) is 1.22.